The van der Waals surface area contributed by atoms with Crippen LogP contribution in [-0.4, -0.2) is 112 Å². The van der Waals surface area contributed by atoms with Crippen LogP contribution >= 0.6 is 35.2 Å². The molecule has 4 heterocycles. The van der Waals surface area contributed by atoms with Crippen molar-refractivity contribution in [2.45, 2.75) is 97.3 Å². The number of nitrogens with one attached hydrogen (secondary N) is 2. The van der Waals surface area contributed by atoms with Gasteiger partial charge in [-0.25, -0.2) is 14.4 Å². The maximum Gasteiger partial charge on any atom is 0.420 e. The highest BCUT2D eigenvalue weighted by atomic mass is 35.5. The zero-order valence-corrected chi connectivity index (χ0v) is 42.1. The van der Waals surface area contributed by atoms with E-state index in [1.807, 2.05) is 31.2 Å². The number of pyridine rings is 1. The lowest BCUT2D eigenvalue weighted by atomic mass is 9.85. The molecule has 71 heavy (non-hydrogen) atoms. The maximum atomic E-state index is 15.4. The van der Waals surface area contributed by atoms with E-state index >= 15 is 4.39 Å². The number of hydrogen-bond donors (Lipinski definition) is 3. The van der Waals surface area contributed by atoms with Crippen molar-refractivity contribution in [2.75, 3.05) is 49.4 Å². The van der Waals surface area contributed by atoms with Gasteiger partial charge in [0.25, 0.3) is 5.91 Å². The Morgan fingerprint density at radius 3 is 2.37 bits per heavy atom. The first kappa shape index (κ1) is 54.5. The zero-order valence-electron chi connectivity index (χ0n) is 39.7. The summed E-state index contributed by atoms with van der Waals surface area (Å²) in [6.07, 6.45) is -3.70. The van der Waals surface area contributed by atoms with Gasteiger partial charge < -0.3 is 39.8 Å². The summed E-state index contributed by atoms with van der Waals surface area (Å²) in [4.78, 5) is 66.7. The van der Waals surface area contributed by atoms with Gasteiger partial charge >= 0.3 is 6.18 Å². The van der Waals surface area contributed by atoms with E-state index in [1.165, 1.54) is 42.0 Å². The molecule has 16 nitrogen and oxygen atoms in total. The molecule has 0 saturated carbocycles. The second kappa shape index (κ2) is 22.7. The number of aryl methyl sites for hydroxylation is 1. The number of likely N-dealkylation sites (tertiary alicyclic amines) is 1. The van der Waals surface area contributed by atoms with Crippen LogP contribution < -0.4 is 25.2 Å². The number of anilines is 2. The lowest BCUT2D eigenvalue weighted by Crippen LogP contribution is -2.58. The van der Waals surface area contributed by atoms with E-state index in [1.54, 1.807) is 37.6 Å². The Bertz CT molecular complexity index is 2680. The quantitative estimate of drug-likeness (QED) is 0.0488. The van der Waals surface area contributed by atoms with Crippen molar-refractivity contribution in [2.24, 2.45) is 5.41 Å². The van der Waals surface area contributed by atoms with Gasteiger partial charge in [0.2, 0.25) is 23.6 Å². The number of β-amino-alcohol motifs (C(OH)–C–C–N with tert-alkyl or cyclic N) is 1. The standard InChI is InChI=1S/C48H53ClF4N8O8S2/c1-27-40(71-26-57-27)29-11-9-28(10-12-29)22-56-42(64)34-19-31(62)24-59(34)43(65)41(46(2,3)4)58-36(63)25-68-18-17-67-15-7-8-16-69-37-20-32(49)35(23-55-37)61-45(70)60(44(66)47(61,5)6)33-14-13-30(21-54)38(39(33)50)48(51,52)53/h9-14,20,23,26,31,34,41,62H,7-8,15-19,22,24-25H2,1-6H3,(H,56,64)(H,58,63)/t31-,34+,41-/m1/s1. The molecule has 2 aliphatic heterocycles. The first-order valence-electron chi connectivity index (χ1n) is 22.4. The molecule has 2 aromatic carbocycles. The predicted octanol–water partition coefficient (Wildman–Crippen LogP) is 7.11. The van der Waals surface area contributed by atoms with E-state index in [0.29, 0.717) is 24.3 Å². The molecule has 4 aromatic rings. The summed E-state index contributed by atoms with van der Waals surface area (Å²) in [6, 6.07) is 10.2. The number of thiazole rings is 1. The van der Waals surface area contributed by atoms with Crippen LogP contribution in [0.5, 0.6) is 5.88 Å². The number of halogens is 5. The van der Waals surface area contributed by atoms with Crippen LogP contribution in [0.15, 0.2) is 54.2 Å². The van der Waals surface area contributed by atoms with Gasteiger partial charge in [-0.3, -0.25) is 24.1 Å². The summed E-state index contributed by atoms with van der Waals surface area (Å²) >= 11 is 13.6. The zero-order chi connectivity index (χ0) is 52.0. The number of amides is 4. The number of nitriles is 1. The molecule has 2 aromatic heterocycles. The lowest BCUT2D eigenvalue weighted by Gasteiger charge is -2.35. The normalized spacial score (nSPS) is 17.4. The Morgan fingerprint density at radius 1 is 1.04 bits per heavy atom. The number of benzene rings is 2. The molecule has 0 bridgehead atoms. The summed E-state index contributed by atoms with van der Waals surface area (Å²) in [7, 11) is 0. The molecule has 380 valence electrons. The topological polar surface area (TPSA) is 200 Å². The molecular weight excluding hydrogens is 992 g/mol. The summed E-state index contributed by atoms with van der Waals surface area (Å²) in [5, 5.41) is 25.0. The lowest BCUT2D eigenvalue weighted by molar-refractivity contribution is -0.144. The van der Waals surface area contributed by atoms with Gasteiger partial charge in [0.15, 0.2) is 10.9 Å². The number of rotatable bonds is 19. The van der Waals surface area contributed by atoms with E-state index in [0.717, 1.165) is 33.8 Å². The molecular formula is C48H53ClF4N8O8S2. The number of thiocarbonyl (C=S) groups is 1. The molecule has 0 spiro atoms. The Balaban J connectivity index is 0.904. The van der Waals surface area contributed by atoms with E-state index < -0.39 is 81.6 Å². The summed E-state index contributed by atoms with van der Waals surface area (Å²) in [6.45, 7) is 10.8. The van der Waals surface area contributed by atoms with Crippen LogP contribution in [0.1, 0.15) is 76.3 Å². The first-order chi connectivity index (χ1) is 33.4. The molecule has 23 heteroatoms. The number of carbonyl (C=O) groups is 4. The van der Waals surface area contributed by atoms with Gasteiger partial charge in [0.05, 0.1) is 76.2 Å². The number of aliphatic hydroxyl groups is 1. The van der Waals surface area contributed by atoms with Crippen molar-refractivity contribution in [3.8, 4) is 22.4 Å². The number of carbonyl (C=O) groups excluding carboxylic acids is 4. The van der Waals surface area contributed by atoms with Gasteiger partial charge in [-0.15, -0.1) is 11.3 Å². The Morgan fingerprint density at radius 2 is 1.73 bits per heavy atom. The first-order valence-corrected chi connectivity index (χ1v) is 24.1. The van der Waals surface area contributed by atoms with Crippen molar-refractivity contribution >= 4 is 75.3 Å². The summed E-state index contributed by atoms with van der Waals surface area (Å²) in [5.41, 5.74) is -1.11. The Hall–Kier alpha value is -5.83. The highest BCUT2D eigenvalue weighted by Gasteiger charge is 2.53. The Kier molecular flexibility index (Phi) is 17.4. The number of alkyl halides is 3. The molecule has 0 radical (unpaired) electrons. The van der Waals surface area contributed by atoms with Gasteiger partial charge in [-0.05, 0) is 74.5 Å². The number of nitrogens with zero attached hydrogens (tertiary/aromatic N) is 6. The molecule has 6 rings (SSSR count). The summed E-state index contributed by atoms with van der Waals surface area (Å²) in [5.74, 6) is -3.99. The number of aliphatic hydroxyl groups excluding tert-OH is 1. The van der Waals surface area contributed by atoms with E-state index in [-0.39, 0.29) is 67.6 Å². The van der Waals surface area contributed by atoms with Crippen molar-refractivity contribution in [1.82, 2.24) is 25.5 Å². The molecule has 2 fully saturated rings. The third kappa shape index (κ3) is 12.6. The number of aromatic nitrogens is 2. The van der Waals surface area contributed by atoms with Gasteiger partial charge in [0, 0.05) is 32.2 Å². The molecule has 2 aliphatic rings. The van der Waals surface area contributed by atoms with Crippen LogP contribution in [-0.2, 0) is 41.4 Å². The van der Waals surface area contributed by atoms with Crippen molar-refractivity contribution in [3.05, 3.63) is 87.4 Å². The van der Waals surface area contributed by atoms with E-state index in [2.05, 4.69) is 20.6 Å². The number of ether oxygens (including phenoxy) is 3. The SMILES string of the molecule is Cc1ncsc1-c1ccc(CNC(=O)[C@@H]2C[C@@H](O)CN2C(=O)[C@@H](NC(=O)COCCOCCCCOc2cc(Cl)c(N3C(=S)N(c4ccc(C#N)c(C(F)(F)F)c4F)C(=O)C3(C)C)cn2)C(C)(C)C)cc1. The van der Waals surface area contributed by atoms with Crippen LogP contribution in [0.25, 0.3) is 10.4 Å². The van der Waals surface area contributed by atoms with Crippen molar-refractivity contribution in [1.29, 1.82) is 5.26 Å². The second-order valence-electron chi connectivity index (χ2n) is 18.4. The molecule has 4 amide bonds. The third-order valence-corrected chi connectivity index (χ3v) is 13.4. The fraction of sp³-hybridized carbons (Fsp3) is 0.458. The number of hydrogen-bond acceptors (Lipinski definition) is 13. The highest BCUT2D eigenvalue weighted by molar-refractivity contribution is 7.81. The molecule has 3 atom stereocenters. The van der Waals surface area contributed by atoms with Crippen LogP contribution in [0.4, 0.5) is 28.9 Å². The largest absolute Gasteiger partial charge is 0.478 e. The van der Waals surface area contributed by atoms with E-state index in [9.17, 15) is 37.5 Å². The van der Waals surface area contributed by atoms with Crippen LogP contribution in [0, 0.1) is 29.5 Å². The third-order valence-electron chi connectivity index (χ3n) is 11.7. The molecule has 0 aliphatic carbocycles. The minimum atomic E-state index is -5.23. The highest BCUT2D eigenvalue weighted by Crippen LogP contribution is 2.43. The van der Waals surface area contributed by atoms with Crippen molar-refractivity contribution in [3.63, 3.8) is 0 Å². The minimum absolute atomic E-state index is 0.0332. The fourth-order valence-corrected chi connectivity index (χ4v) is 9.57. The average Bonchev–Trinajstić information content (AvgIpc) is 3.97. The predicted molar refractivity (Wildman–Crippen MR) is 260 cm³/mol. The van der Waals surface area contributed by atoms with Crippen molar-refractivity contribution < 1.29 is 56.1 Å². The number of unbranched alkanes of at least 4 members (excludes halogenated alkanes) is 1. The van der Waals surface area contributed by atoms with Crippen LogP contribution in [0.3, 0.4) is 0 Å². The van der Waals surface area contributed by atoms with Crippen LogP contribution in [0.2, 0.25) is 5.02 Å². The summed E-state index contributed by atoms with van der Waals surface area (Å²) < 4.78 is 73.5. The monoisotopic (exact) mass is 1040 g/mol. The minimum Gasteiger partial charge on any atom is -0.478 e. The van der Waals surface area contributed by atoms with Gasteiger partial charge in [0.1, 0.15) is 29.8 Å². The molecule has 2 saturated heterocycles. The fourth-order valence-electron chi connectivity index (χ4n) is 8.02. The Labute approximate surface area is 422 Å². The smallest absolute Gasteiger partial charge is 0.420 e. The second-order valence-corrected chi connectivity index (χ2v) is 20.0. The van der Waals surface area contributed by atoms with E-state index in [4.69, 9.17) is 43.3 Å². The average molecular weight is 1050 g/mol. The molecule has 0 unspecified atom stereocenters. The molecule has 3 N–H and O–H groups in total. The van der Waals surface area contributed by atoms with Gasteiger partial charge in [-0.2, -0.15) is 18.4 Å². The maximum absolute atomic E-state index is 15.4. The van der Waals surface area contributed by atoms with Gasteiger partial charge in [-0.1, -0.05) is 56.6 Å².